The number of hydrogen-bond donors (Lipinski definition) is 2. The van der Waals surface area contributed by atoms with Gasteiger partial charge in [0, 0.05) is 14.1 Å². The van der Waals surface area contributed by atoms with Crippen molar-refractivity contribution in [1.29, 1.82) is 0 Å². The highest BCUT2D eigenvalue weighted by atomic mass is 32.1. The molecule has 0 saturated carbocycles. The van der Waals surface area contributed by atoms with E-state index in [1.165, 1.54) is 17.4 Å². The molecule has 1 heterocycles. The standard InChI is InChI=1S/C13H12F6N4OS/c1-23(2)10(24)22-11(12(14,15)16,13(17,18)19)21-9-20-7-5-3-4-6-8(7)25-9/h3-6H,1-2H3,(H,20,21)(H,22,24). The molecule has 12 heteroatoms. The monoisotopic (exact) mass is 386 g/mol. The molecule has 0 radical (unpaired) electrons. The Bertz CT molecular complexity index is 723. The van der Waals surface area contributed by atoms with Gasteiger partial charge in [-0.1, -0.05) is 23.5 Å². The summed E-state index contributed by atoms with van der Waals surface area (Å²) >= 11 is 0.605. The lowest BCUT2D eigenvalue weighted by atomic mass is 10.1. The first-order valence-electron chi connectivity index (χ1n) is 6.64. The number of hydrogen-bond acceptors (Lipinski definition) is 4. The van der Waals surface area contributed by atoms with E-state index in [4.69, 9.17) is 0 Å². The summed E-state index contributed by atoms with van der Waals surface area (Å²) in [5.41, 5.74) is -4.46. The van der Waals surface area contributed by atoms with Crippen molar-refractivity contribution in [3.8, 4) is 0 Å². The predicted molar refractivity (Wildman–Crippen MR) is 80.3 cm³/mol. The van der Waals surface area contributed by atoms with E-state index in [0.717, 1.165) is 19.4 Å². The van der Waals surface area contributed by atoms with Crippen LogP contribution in [-0.2, 0) is 0 Å². The van der Waals surface area contributed by atoms with Crippen LogP contribution in [0.15, 0.2) is 24.3 Å². The van der Waals surface area contributed by atoms with Crippen LogP contribution in [0.5, 0.6) is 0 Å². The van der Waals surface area contributed by atoms with Gasteiger partial charge in [0.1, 0.15) is 0 Å². The normalized spacial score (nSPS) is 13.0. The molecule has 2 rings (SSSR count). The van der Waals surface area contributed by atoms with E-state index < -0.39 is 29.2 Å². The smallest absolute Gasteiger partial charge is 0.331 e. The van der Waals surface area contributed by atoms with Crippen LogP contribution in [-0.4, -0.2) is 48.0 Å². The molecule has 2 amide bonds. The van der Waals surface area contributed by atoms with Gasteiger partial charge in [0.2, 0.25) is 0 Å². The molecule has 25 heavy (non-hydrogen) atoms. The van der Waals surface area contributed by atoms with Crippen LogP contribution < -0.4 is 10.6 Å². The molecule has 2 aromatic rings. The first-order chi connectivity index (χ1) is 11.4. The number of fused-ring (bicyclic) bond motifs is 1. The zero-order chi connectivity index (χ0) is 19.0. The minimum atomic E-state index is -5.88. The second-order valence-electron chi connectivity index (χ2n) is 5.18. The number of urea groups is 1. The maximum atomic E-state index is 13.4. The lowest BCUT2D eigenvalue weighted by molar-refractivity contribution is -0.294. The van der Waals surface area contributed by atoms with Gasteiger partial charge in [-0.25, -0.2) is 9.78 Å². The number of aromatic nitrogens is 1. The molecule has 2 N–H and O–H groups in total. The van der Waals surface area contributed by atoms with Gasteiger partial charge >= 0.3 is 24.0 Å². The molecule has 1 aromatic carbocycles. The summed E-state index contributed by atoms with van der Waals surface area (Å²) in [6.07, 6.45) is -11.8. The lowest BCUT2D eigenvalue weighted by Crippen LogP contribution is -2.73. The number of thiazole rings is 1. The van der Waals surface area contributed by atoms with Gasteiger partial charge in [0.05, 0.1) is 10.2 Å². The molecule has 0 unspecified atom stereocenters. The molecular formula is C13H12F6N4OS. The molecule has 0 bridgehead atoms. The van der Waals surface area contributed by atoms with Gasteiger partial charge in [-0.3, -0.25) is 5.32 Å². The van der Waals surface area contributed by atoms with Crippen molar-refractivity contribution in [1.82, 2.24) is 15.2 Å². The van der Waals surface area contributed by atoms with Crippen LogP contribution in [0, 0.1) is 0 Å². The summed E-state index contributed by atoms with van der Waals surface area (Å²) in [4.78, 5) is 15.9. The van der Waals surface area contributed by atoms with Crippen molar-refractivity contribution >= 4 is 32.7 Å². The van der Waals surface area contributed by atoms with E-state index in [0.29, 0.717) is 20.9 Å². The molecule has 0 aliphatic carbocycles. The predicted octanol–water partition coefficient (Wildman–Crippen LogP) is 3.80. The summed E-state index contributed by atoms with van der Waals surface area (Å²) in [7, 11) is 2.04. The molecule has 0 fully saturated rings. The van der Waals surface area contributed by atoms with Gasteiger partial charge in [0.15, 0.2) is 5.13 Å². The third-order valence-corrected chi connectivity index (χ3v) is 4.09. The van der Waals surface area contributed by atoms with Gasteiger partial charge in [0.25, 0.3) is 0 Å². The zero-order valence-electron chi connectivity index (χ0n) is 12.8. The summed E-state index contributed by atoms with van der Waals surface area (Å²) < 4.78 is 80.8. The number of rotatable bonds is 3. The van der Waals surface area contributed by atoms with Crippen molar-refractivity contribution in [2.24, 2.45) is 0 Å². The molecule has 1 aromatic heterocycles. The van der Waals surface area contributed by atoms with Crippen molar-refractivity contribution < 1.29 is 31.1 Å². The fourth-order valence-corrected chi connectivity index (χ4v) is 2.75. The Kier molecular flexibility index (Phi) is 4.77. The number of para-hydroxylation sites is 1. The number of halogens is 6. The van der Waals surface area contributed by atoms with Crippen molar-refractivity contribution in [3.63, 3.8) is 0 Å². The molecule has 0 spiro atoms. The van der Waals surface area contributed by atoms with Crippen LogP contribution in [0.1, 0.15) is 0 Å². The van der Waals surface area contributed by atoms with E-state index in [9.17, 15) is 31.1 Å². The number of anilines is 1. The maximum Gasteiger partial charge on any atom is 0.439 e. The van der Waals surface area contributed by atoms with E-state index in [1.54, 1.807) is 12.1 Å². The van der Waals surface area contributed by atoms with E-state index in [-0.39, 0.29) is 5.52 Å². The molecule has 0 atom stereocenters. The number of alkyl halides is 6. The molecule has 138 valence electrons. The molecular weight excluding hydrogens is 374 g/mol. The Labute approximate surface area is 141 Å². The van der Waals surface area contributed by atoms with Crippen LogP contribution in [0.25, 0.3) is 10.2 Å². The van der Waals surface area contributed by atoms with Gasteiger partial charge in [-0.2, -0.15) is 26.3 Å². The third-order valence-electron chi connectivity index (χ3n) is 3.14. The quantitative estimate of drug-likeness (QED) is 0.623. The minimum Gasteiger partial charge on any atom is -0.331 e. The van der Waals surface area contributed by atoms with Crippen LogP contribution >= 0.6 is 11.3 Å². The first kappa shape index (κ1) is 19.1. The van der Waals surface area contributed by atoms with Crippen molar-refractivity contribution in [2.75, 3.05) is 19.4 Å². The van der Waals surface area contributed by atoms with Gasteiger partial charge < -0.3 is 10.2 Å². The Morgan fingerprint density at radius 2 is 1.64 bits per heavy atom. The maximum absolute atomic E-state index is 13.4. The average molecular weight is 386 g/mol. The number of carbonyl (C=O) groups is 1. The Hall–Kier alpha value is -2.24. The SMILES string of the molecule is CN(C)C(=O)NC(Nc1nc2ccccc2s1)(C(F)(F)F)C(F)(F)F. The highest BCUT2D eigenvalue weighted by Gasteiger charge is 2.73. The minimum absolute atomic E-state index is 0.229. The van der Waals surface area contributed by atoms with Gasteiger partial charge in [-0.15, -0.1) is 0 Å². The van der Waals surface area contributed by atoms with E-state index in [2.05, 4.69) is 4.98 Å². The number of nitrogens with one attached hydrogen (secondary N) is 2. The summed E-state index contributed by atoms with van der Waals surface area (Å²) in [6.45, 7) is 0. The number of carbonyl (C=O) groups excluding carboxylic acids is 1. The largest absolute Gasteiger partial charge is 0.439 e. The first-order valence-corrected chi connectivity index (χ1v) is 7.46. The highest BCUT2D eigenvalue weighted by molar-refractivity contribution is 7.22. The zero-order valence-corrected chi connectivity index (χ0v) is 13.6. The average Bonchev–Trinajstić information content (AvgIpc) is 2.85. The Morgan fingerprint density at radius 3 is 2.12 bits per heavy atom. The summed E-state index contributed by atoms with van der Waals surface area (Å²) in [5, 5.41) is 1.71. The molecule has 0 aliphatic rings. The second kappa shape index (κ2) is 6.24. The second-order valence-corrected chi connectivity index (χ2v) is 6.21. The Balaban J connectivity index is 2.54. The number of amides is 2. The summed E-state index contributed by atoms with van der Waals surface area (Å²) in [6, 6.07) is 4.49. The number of nitrogens with zero attached hydrogens (tertiary/aromatic N) is 2. The topological polar surface area (TPSA) is 57.3 Å². The fourth-order valence-electron chi connectivity index (χ4n) is 1.83. The highest BCUT2D eigenvalue weighted by Crippen LogP contribution is 2.44. The molecule has 0 aliphatic heterocycles. The molecule has 0 saturated heterocycles. The summed E-state index contributed by atoms with van der Waals surface area (Å²) in [5.74, 6) is 0. The van der Waals surface area contributed by atoms with Crippen LogP contribution in [0.4, 0.5) is 36.3 Å². The van der Waals surface area contributed by atoms with Gasteiger partial charge in [-0.05, 0) is 12.1 Å². The lowest BCUT2D eigenvalue weighted by Gasteiger charge is -2.38. The third kappa shape index (κ3) is 3.57. The Morgan fingerprint density at radius 1 is 1.08 bits per heavy atom. The fraction of sp³-hybridized carbons (Fsp3) is 0.385. The van der Waals surface area contributed by atoms with E-state index >= 15 is 0 Å². The van der Waals surface area contributed by atoms with Crippen molar-refractivity contribution in [3.05, 3.63) is 24.3 Å². The van der Waals surface area contributed by atoms with Crippen LogP contribution in [0.3, 0.4) is 0 Å². The number of benzene rings is 1. The van der Waals surface area contributed by atoms with Crippen LogP contribution in [0.2, 0.25) is 0 Å². The van der Waals surface area contributed by atoms with E-state index in [1.807, 2.05) is 0 Å². The molecule has 5 nitrogen and oxygen atoms in total. The van der Waals surface area contributed by atoms with Crippen molar-refractivity contribution in [2.45, 2.75) is 18.0 Å².